The van der Waals surface area contributed by atoms with Crippen molar-refractivity contribution in [3.8, 4) is 5.75 Å². The van der Waals surface area contributed by atoms with Gasteiger partial charge in [-0.3, -0.25) is 0 Å². The van der Waals surface area contributed by atoms with Crippen molar-refractivity contribution in [3.63, 3.8) is 0 Å². The van der Waals surface area contributed by atoms with Crippen LogP contribution in [-0.2, 0) is 0 Å². The van der Waals surface area contributed by atoms with Crippen LogP contribution in [0.1, 0.15) is 52.0 Å². The van der Waals surface area contributed by atoms with E-state index < -0.39 is 0 Å². The number of hydrogen-bond acceptors (Lipinski definition) is 2. The van der Waals surface area contributed by atoms with Gasteiger partial charge in [0, 0.05) is 12.1 Å². The lowest BCUT2D eigenvalue weighted by molar-refractivity contribution is 0.0569. The third kappa shape index (κ3) is 2.99. The number of aryl methyl sites for hydroxylation is 1. The molecule has 2 aliphatic heterocycles. The summed E-state index contributed by atoms with van der Waals surface area (Å²) >= 11 is 0. The summed E-state index contributed by atoms with van der Waals surface area (Å²) in [5, 5.41) is 0. The zero-order chi connectivity index (χ0) is 15.9. The van der Waals surface area contributed by atoms with Crippen molar-refractivity contribution in [2.45, 2.75) is 65.5 Å². The molecule has 0 spiro atoms. The third-order valence-electron chi connectivity index (χ3n) is 5.39. The smallest absolute Gasteiger partial charge is 0.410 e. The number of carbonyl (C=O) groups is 1. The van der Waals surface area contributed by atoms with Crippen molar-refractivity contribution < 1.29 is 9.53 Å². The Labute approximate surface area is 133 Å². The van der Waals surface area contributed by atoms with Crippen LogP contribution < -0.4 is 4.74 Å². The molecule has 3 heteroatoms. The van der Waals surface area contributed by atoms with Gasteiger partial charge < -0.3 is 9.64 Å². The molecule has 0 radical (unpaired) electrons. The fraction of sp³-hybridized carbons (Fsp3) is 0.632. The van der Waals surface area contributed by atoms with Gasteiger partial charge in [-0.1, -0.05) is 38.5 Å². The van der Waals surface area contributed by atoms with Crippen molar-refractivity contribution in [1.29, 1.82) is 0 Å². The molecule has 2 saturated heterocycles. The molecule has 2 heterocycles. The molecule has 3 rings (SSSR count). The Morgan fingerprint density at radius 2 is 1.64 bits per heavy atom. The van der Waals surface area contributed by atoms with E-state index in [2.05, 4.69) is 20.8 Å². The van der Waals surface area contributed by atoms with Gasteiger partial charge >= 0.3 is 6.09 Å². The average Bonchev–Trinajstić information content (AvgIpc) is 2.70. The summed E-state index contributed by atoms with van der Waals surface area (Å²) < 4.78 is 5.60. The van der Waals surface area contributed by atoms with Gasteiger partial charge in [-0.25, -0.2) is 4.79 Å². The predicted molar refractivity (Wildman–Crippen MR) is 88.0 cm³/mol. The normalized spacial score (nSPS) is 27.8. The highest BCUT2D eigenvalue weighted by atomic mass is 16.6. The molecule has 2 aliphatic rings. The summed E-state index contributed by atoms with van der Waals surface area (Å²) in [6.45, 7) is 8.98. The molecule has 0 saturated carbocycles. The van der Waals surface area contributed by atoms with Crippen molar-refractivity contribution >= 4 is 6.09 Å². The van der Waals surface area contributed by atoms with Crippen molar-refractivity contribution in [2.24, 2.45) is 11.3 Å². The second-order valence-corrected chi connectivity index (χ2v) is 8.01. The van der Waals surface area contributed by atoms with Gasteiger partial charge in [-0.15, -0.1) is 0 Å². The standard InChI is InChI=1S/C19H27NO2/c1-13-5-9-17(10-6-13)22-18(21)20-15-7-8-16(20)12-14(11-15)19(2,3)4/h5-6,9-10,14-16H,7-8,11-12H2,1-4H3. The number of benzene rings is 1. The Kier molecular flexibility index (Phi) is 3.92. The van der Waals surface area contributed by atoms with Gasteiger partial charge in [0.1, 0.15) is 5.75 Å². The van der Waals surface area contributed by atoms with E-state index in [9.17, 15) is 4.79 Å². The van der Waals surface area contributed by atoms with Crippen LogP contribution in [0.5, 0.6) is 5.75 Å². The number of hydrogen-bond donors (Lipinski definition) is 0. The molecule has 2 fully saturated rings. The van der Waals surface area contributed by atoms with Crippen molar-refractivity contribution in [1.82, 2.24) is 4.90 Å². The molecule has 0 N–H and O–H groups in total. The lowest BCUT2D eigenvalue weighted by Crippen LogP contribution is -2.49. The average molecular weight is 301 g/mol. The number of carbonyl (C=O) groups excluding carboxylic acids is 1. The SMILES string of the molecule is Cc1ccc(OC(=O)N2C3CCC2CC(C(C)(C)C)C3)cc1. The summed E-state index contributed by atoms with van der Waals surface area (Å²) in [4.78, 5) is 14.6. The molecule has 2 atom stereocenters. The summed E-state index contributed by atoms with van der Waals surface area (Å²) in [5.74, 6) is 1.35. The van der Waals surface area contributed by atoms with Gasteiger partial charge in [0.05, 0.1) is 0 Å². The third-order valence-corrected chi connectivity index (χ3v) is 5.39. The lowest BCUT2D eigenvalue weighted by atomic mass is 9.73. The molecule has 1 amide bonds. The van der Waals surface area contributed by atoms with E-state index in [-0.39, 0.29) is 6.09 Å². The van der Waals surface area contributed by atoms with Gasteiger partial charge in [0.15, 0.2) is 0 Å². The van der Waals surface area contributed by atoms with Gasteiger partial charge in [-0.2, -0.15) is 0 Å². The van der Waals surface area contributed by atoms with E-state index in [1.807, 2.05) is 36.1 Å². The molecule has 0 aromatic heterocycles. The maximum absolute atomic E-state index is 12.6. The fourth-order valence-corrected chi connectivity index (χ4v) is 3.94. The number of piperidine rings is 1. The number of ether oxygens (including phenoxy) is 1. The highest BCUT2D eigenvalue weighted by Gasteiger charge is 2.46. The molecular formula is C19H27NO2. The number of amides is 1. The molecule has 22 heavy (non-hydrogen) atoms. The highest BCUT2D eigenvalue weighted by molar-refractivity contribution is 5.72. The minimum Gasteiger partial charge on any atom is -0.410 e. The summed E-state index contributed by atoms with van der Waals surface area (Å²) in [5.41, 5.74) is 1.50. The first-order valence-electron chi connectivity index (χ1n) is 8.41. The molecular weight excluding hydrogens is 274 g/mol. The lowest BCUT2D eigenvalue weighted by Gasteiger charge is -2.43. The van der Waals surface area contributed by atoms with Crippen LogP contribution in [0.3, 0.4) is 0 Å². The summed E-state index contributed by atoms with van der Waals surface area (Å²) in [6, 6.07) is 8.42. The minimum absolute atomic E-state index is 0.163. The predicted octanol–water partition coefficient (Wildman–Crippen LogP) is 4.78. The van der Waals surface area contributed by atoms with E-state index in [1.54, 1.807) is 0 Å². The Hall–Kier alpha value is -1.51. The molecule has 0 aliphatic carbocycles. The largest absolute Gasteiger partial charge is 0.415 e. The highest BCUT2D eigenvalue weighted by Crippen LogP contribution is 2.45. The second kappa shape index (κ2) is 5.60. The van der Waals surface area contributed by atoms with Crippen LogP contribution in [0.2, 0.25) is 0 Å². The molecule has 120 valence electrons. The minimum atomic E-state index is -0.163. The zero-order valence-electron chi connectivity index (χ0n) is 14.1. The quantitative estimate of drug-likeness (QED) is 0.747. The topological polar surface area (TPSA) is 29.5 Å². The number of rotatable bonds is 1. The number of nitrogens with zero attached hydrogens (tertiary/aromatic N) is 1. The van der Waals surface area contributed by atoms with Crippen LogP contribution in [0.4, 0.5) is 4.79 Å². The van der Waals surface area contributed by atoms with Gasteiger partial charge in [0.2, 0.25) is 0 Å². The monoisotopic (exact) mass is 301 g/mol. The summed E-state index contributed by atoms with van der Waals surface area (Å²) in [7, 11) is 0. The van der Waals surface area contributed by atoms with E-state index >= 15 is 0 Å². The van der Waals surface area contributed by atoms with Crippen LogP contribution in [-0.4, -0.2) is 23.1 Å². The van der Waals surface area contributed by atoms with Crippen LogP contribution in [0, 0.1) is 18.3 Å². The van der Waals surface area contributed by atoms with E-state index in [0.29, 0.717) is 29.2 Å². The Bertz CT molecular complexity index is 530. The Morgan fingerprint density at radius 3 is 2.14 bits per heavy atom. The van der Waals surface area contributed by atoms with Crippen LogP contribution >= 0.6 is 0 Å². The van der Waals surface area contributed by atoms with Gasteiger partial charge in [-0.05, 0) is 56.1 Å². The maximum atomic E-state index is 12.6. The Balaban J connectivity index is 1.68. The molecule has 1 aromatic carbocycles. The first kappa shape index (κ1) is 15.4. The number of fused-ring (bicyclic) bond motifs is 2. The molecule has 1 aromatic rings. The van der Waals surface area contributed by atoms with E-state index in [1.165, 1.54) is 5.56 Å². The molecule has 2 unspecified atom stereocenters. The molecule has 2 bridgehead atoms. The maximum Gasteiger partial charge on any atom is 0.415 e. The van der Waals surface area contributed by atoms with Crippen molar-refractivity contribution in [3.05, 3.63) is 29.8 Å². The molecule has 3 nitrogen and oxygen atoms in total. The summed E-state index contributed by atoms with van der Waals surface area (Å²) in [6.07, 6.45) is 4.32. The zero-order valence-corrected chi connectivity index (χ0v) is 14.1. The first-order valence-corrected chi connectivity index (χ1v) is 8.41. The van der Waals surface area contributed by atoms with E-state index in [0.717, 1.165) is 25.7 Å². The fourth-order valence-electron chi connectivity index (χ4n) is 3.94. The van der Waals surface area contributed by atoms with Gasteiger partial charge in [0.25, 0.3) is 0 Å². The Morgan fingerprint density at radius 1 is 1.09 bits per heavy atom. The second-order valence-electron chi connectivity index (χ2n) is 8.01. The first-order chi connectivity index (χ1) is 10.3. The van der Waals surface area contributed by atoms with E-state index in [4.69, 9.17) is 4.74 Å². The van der Waals surface area contributed by atoms with Crippen LogP contribution in [0.15, 0.2) is 24.3 Å². The van der Waals surface area contributed by atoms with Crippen LogP contribution in [0.25, 0.3) is 0 Å². The van der Waals surface area contributed by atoms with Crippen molar-refractivity contribution in [2.75, 3.05) is 0 Å².